The summed E-state index contributed by atoms with van der Waals surface area (Å²) in [6.07, 6.45) is 2.84. The molecule has 0 spiro atoms. The Balaban J connectivity index is 1.62. The number of benzene rings is 1. The fraction of sp³-hybridized carbons (Fsp3) is 0.400. The second kappa shape index (κ2) is 6.76. The van der Waals surface area contributed by atoms with Crippen molar-refractivity contribution < 1.29 is 8.42 Å². The molecule has 3 rings (SSSR count). The van der Waals surface area contributed by atoms with E-state index in [9.17, 15) is 8.42 Å². The summed E-state index contributed by atoms with van der Waals surface area (Å²) in [7, 11) is -3.08. The average molecular weight is 372 g/mol. The predicted molar refractivity (Wildman–Crippen MR) is 95.6 cm³/mol. The summed E-state index contributed by atoms with van der Waals surface area (Å²) >= 11 is 7.57. The summed E-state index contributed by atoms with van der Waals surface area (Å²) in [5.74, 6) is 0. The molecule has 2 heterocycles. The predicted octanol–water partition coefficient (Wildman–Crippen LogP) is 3.30. The van der Waals surface area contributed by atoms with Gasteiger partial charge >= 0.3 is 0 Å². The molecule has 0 saturated carbocycles. The van der Waals surface area contributed by atoms with E-state index in [4.69, 9.17) is 11.6 Å². The van der Waals surface area contributed by atoms with Gasteiger partial charge in [-0.2, -0.15) is 0 Å². The topological polar surface area (TPSA) is 62.3 Å². The first-order valence-electron chi connectivity index (χ1n) is 7.35. The Morgan fingerprint density at radius 3 is 2.74 bits per heavy atom. The van der Waals surface area contributed by atoms with Gasteiger partial charge in [-0.05, 0) is 25.0 Å². The molecule has 1 aliphatic heterocycles. The van der Waals surface area contributed by atoms with Crippen molar-refractivity contribution >= 4 is 38.1 Å². The third-order valence-electron chi connectivity index (χ3n) is 3.88. The highest BCUT2D eigenvalue weighted by atomic mass is 35.5. The second-order valence-corrected chi connectivity index (χ2v) is 8.91. The van der Waals surface area contributed by atoms with Crippen molar-refractivity contribution in [3.8, 4) is 11.3 Å². The van der Waals surface area contributed by atoms with E-state index in [2.05, 4.69) is 10.3 Å². The normalized spacial score (nSPS) is 17.3. The molecule has 0 radical (unpaired) electrons. The van der Waals surface area contributed by atoms with Gasteiger partial charge in [0.05, 0.1) is 11.9 Å². The average Bonchev–Trinajstić information content (AvgIpc) is 2.95. The van der Waals surface area contributed by atoms with Crippen LogP contribution in [0.15, 0.2) is 29.6 Å². The highest BCUT2D eigenvalue weighted by molar-refractivity contribution is 7.88. The molecular weight excluding hydrogens is 354 g/mol. The first-order valence-corrected chi connectivity index (χ1v) is 10.5. The number of thiazole rings is 1. The van der Waals surface area contributed by atoms with E-state index in [0.29, 0.717) is 18.1 Å². The fourth-order valence-corrected chi connectivity index (χ4v) is 4.49. The zero-order chi connectivity index (χ0) is 16.4. The van der Waals surface area contributed by atoms with Crippen LogP contribution < -0.4 is 5.32 Å². The Morgan fingerprint density at radius 2 is 2.09 bits per heavy atom. The molecule has 1 aliphatic rings. The standard InChI is InChI=1S/C15H18ClN3O2S2/c1-23(20,21)19-7-5-13(6-8-19)17-15-18-14(10-22-15)11-3-2-4-12(16)9-11/h2-4,9-10,13H,5-8H2,1H3,(H,17,18). The SMILES string of the molecule is CS(=O)(=O)N1CCC(Nc2nc(-c3cccc(Cl)c3)cs2)CC1. The number of halogens is 1. The molecule has 2 aromatic rings. The van der Waals surface area contributed by atoms with Gasteiger partial charge in [-0.15, -0.1) is 11.3 Å². The van der Waals surface area contributed by atoms with E-state index in [1.54, 1.807) is 11.3 Å². The van der Waals surface area contributed by atoms with Crippen LogP contribution in [0.25, 0.3) is 11.3 Å². The van der Waals surface area contributed by atoms with Crippen LogP contribution in [0.2, 0.25) is 5.02 Å². The van der Waals surface area contributed by atoms with Gasteiger partial charge in [0.1, 0.15) is 0 Å². The first kappa shape index (κ1) is 16.7. The van der Waals surface area contributed by atoms with Crippen LogP contribution in [0.5, 0.6) is 0 Å². The van der Waals surface area contributed by atoms with E-state index < -0.39 is 10.0 Å². The number of hydrogen-bond donors (Lipinski definition) is 1. The van der Waals surface area contributed by atoms with Crippen molar-refractivity contribution in [1.29, 1.82) is 0 Å². The highest BCUT2D eigenvalue weighted by Gasteiger charge is 2.25. The fourth-order valence-electron chi connectivity index (χ4n) is 2.63. The number of rotatable bonds is 4. The van der Waals surface area contributed by atoms with Gasteiger partial charge in [-0.25, -0.2) is 17.7 Å². The summed E-state index contributed by atoms with van der Waals surface area (Å²) in [6, 6.07) is 7.88. The van der Waals surface area contributed by atoms with Crippen LogP contribution in [-0.4, -0.2) is 43.1 Å². The Morgan fingerprint density at radius 1 is 1.35 bits per heavy atom. The zero-order valence-electron chi connectivity index (χ0n) is 12.7. The minimum atomic E-state index is -3.08. The lowest BCUT2D eigenvalue weighted by molar-refractivity contribution is 0.332. The highest BCUT2D eigenvalue weighted by Crippen LogP contribution is 2.28. The third kappa shape index (κ3) is 4.23. The van der Waals surface area contributed by atoms with Crippen LogP contribution in [0.4, 0.5) is 5.13 Å². The number of nitrogens with one attached hydrogen (secondary N) is 1. The molecular formula is C15H18ClN3O2S2. The Hall–Kier alpha value is -1.15. The Kier molecular flexibility index (Phi) is 4.91. The lowest BCUT2D eigenvalue weighted by Gasteiger charge is -2.30. The summed E-state index contributed by atoms with van der Waals surface area (Å²) in [5.41, 5.74) is 1.89. The van der Waals surface area contributed by atoms with Crippen molar-refractivity contribution in [2.24, 2.45) is 0 Å². The van der Waals surface area contributed by atoms with Gasteiger partial charge in [0.15, 0.2) is 5.13 Å². The molecule has 5 nitrogen and oxygen atoms in total. The van der Waals surface area contributed by atoms with E-state index in [1.165, 1.54) is 10.6 Å². The van der Waals surface area contributed by atoms with Crippen LogP contribution in [0.3, 0.4) is 0 Å². The number of sulfonamides is 1. The van der Waals surface area contributed by atoms with Gasteiger partial charge in [0, 0.05) is 35.1 Å². The van der Waals surface area contributed by atoms with Crippen molar-refractivity contribution in [3.63, 3.8) is 0 Å². The number of anilines is 1. The zero-order valence-corrected chi connectivity index (χ0v) is 15.1. The molecule has 1 N–H and O–H groups in total. The molecule has 124 valence electrons. The maximum absolute atomic E-state index is 11.5. The molecule has 0 unspecified atom stereocenters. The number of nitrogens with zero attached hydrogens (tertiary/aromatic N) is 2. The van der Waals surface area contributed by atoms with E-state index in [-0.39, 0.29) is 6.04 Å². The molecule has 0 atom stereocenters. The van der Waals surface area contributed by atoms with Gasteiger partial charge in [-0.3, -0.25) is 0 Å². The van der Waals surface area contributed by atoms with Gasteiger partial charge in [0.2, 0.25) is 10.0 Å². The summed E-state index contributed by atoms with van der Waals surface area (Å²) < 4.78 is 24.6. The summed E-state index contributed by atoms with van der Waals surface area (Å²) in [6.45, 7) is 1.12. The third-order valence-corrected chi connectivity index (χ3v) is 6.19. The van der Waals surface area contributed by atoms with Crippen LogP contribution in [0.1, 0.15) is 12.8 Å². The number of piperidine rings is 1. The van der Waals surface area contributed by atoms with Crippen LogP contribution in [0, 0.1) is 0 Å². The molecule has 1 aromatic carbocycles. The molecule has 0 amide bonds. The van der Waals surface area contributed by atoms with Crippen molar-refractivity contribution in [2.75, 3.05) is 24.7 Å². The smallest absolute Gasteiger partial charge is 0.211 e. The Bertz CT molecular complexity index is 784. The van der Waals surface area contributed by atoms with E-state index >= 15 is 0 Å². The number of aromatic nitrogens is 1. The molecule has 0 aliphatic carbocycles. The maximum atomic E-state index is 11.5. The van der Waals surface area contributed by atoms with E-state index in [1.807, 2.05) is 29.6 Å². The van der Waals surface area contributed by atoms with E-state index in [0.717, 1.165) is 29.2 Å². The van der Waals surface area contributed by atoms with Gasteiger partial charge in [-0.1, -0.05) is 23.7 Å². The summed E-state index contributed by atoms with van der Waals surface area (Å²) in [4.78, 5) is 4.60. The lowest BCUT2D eigenvalue weighted by atomic mass is 10.1. The number of hydrogen-bond acceptors (Lipinski definition) is 5. The largest absolute Gasteiger partial charge is 0.359 e. The molecule has 1 saturated heterocycles. The van der Waals surface area contributed by atoms with Crippen LogP contribution in [-0.2, 0) is 10.0 Å². The molecule has 1 fully saturated rings. The minimum absolute atomic E-state index is 0.256. The Labute approximate surface area is 145 Å². The second-order valence-electron chi connectivity index (χ2n) is 5.63. The van der Waals surface area contributed by atoms with Gasteiger partial charge in [0.25, 0.3) is 0 Å². The molecule has 0 bridgehead atoms. The molecule has 8 heteroatoms. The van der Waals surface area contributed by atoms with Crippen molar-refractivity contribution in [3.05, 3.63) is 34.7 Å². The maximum Gasteiger partial charge on any atom is 0.211 e. The molecule has 23 heavy (non-hydrogen) atoms. The quantitative estimate of drug-likeness (QED) is 0.895. The minimum Gasteiger partial charge on any atom is -0.359 e. The molecule has 1 aromatic heterocycles. The van der Waals surface area contributed by atoms with Crippen LogP contribution >= 0.6 is 22.9 Å². The monoisotopic (exact) mass is 371 g/mol. The van der Waals surface area contributed by atoms with Crippen molar-refractivity contribution in [1.82, 2.24) is 9.29 Å². The summed E-state index contributed by atoms with van der Waals surface area (Å²) in [5, 5.41) is 6.96. The van der Waals surface area contributed by atoms with Gasteiger partial charge < -0.3 is 5.32 Å². The first-order chi connectivity index (χ1) is 10.9. The lowest BCUT2D eigenvalue weighted by Crippen LogP contribution is -2.41. The van der Waals surface area contributed by atoms with Crippen molar-refractivity contribution in [2.45, 2.75) is 18.9 Å².